The maximum atomic E-state index is 6.12. The molecular formula is C22H30N4O2. The van der Waals surface area contributed by atoms with E-state index in [0.717, 1.165) is 46.3 Å². The third-order valence-corrected chi connectivity index (χ3v) is 5.08. The largest absolute Gasteiger partial charge is 0.496 e. The Morgan fingerprint density at radius 2 is 2.07 bits per heavy atom. The van der Waals surface area contributed by atoms with Crippen LogP contribution in [0.15, 0.2) is 35.5 Å². The third kappa shape index (κ3) is 4.21. The summed E-state index contributed by atoms with van der Waals surface area (Å²) in [5, 5.41) is 6.93. The quantitative estimate of drug-likeness (QED) is 0.624. The minimum Gasteiger partial charge on any atom is -0.496 e. The first-order valence-corrected chi connectivity index (χ1v) is 9.59. The number of aryl methyl sites for hydroxylation is 1. The summed E-state index contributed by atoms with van der Waals surface area (Å²) in [6.07, 6.45) is 2.69. The summed E-state index contributed by atoms with van der Waals surface area (Å²) in [5.74, 6) is 2.54. The summed E-state index contributed by atoms with van der Waals surface area (Å²) in [6, 6.07) is 8.28. The topological polar surface area (TPSA) is 67.8 Å². The number of hydrogen-bond acceptors (Lipinski definition) is 4. The number of aromatic nitrogens is 1. The van der Waals surface area contributed by atoms with Crippen molar-refractivity contribution in [3.63, 3.8) is 0 Å². The molecule has 0 fully saturated rings. The first kappa shape index (κ1) is 20.0. The molecular weight excluding hydrogens is 352 g/mol. The van der Waals surface area contributed by atoms with Gasteiger partial charge in [-0.15, -0.1) is 0 Å². The van der Waals surface area contributed by atoms with Crippen molar-refractivity contribution >= 4 is 5.96 Å². The van der Waals surface area contributed by atoms with Crippen molar-refractivity contribution in [2.24, 2.45) is 4.99 Å². The van der Waals surface area contributed by atoms with Crippen LogP contribution in [0.3, 0.4) is 0 Å². The molecule has 0 saturated carbocycles. The molecule has 0 bridgehead atoms. The number of benzene rings is 1. The number of guanidine groups is 1. The number of para-hydroxylation sites is 1. The molecule has 1 aliphatic heterocycles. The van der Waals surface area contributed by atoms with Crippen molar-refractivity contribution in [1.82, 2.24) is 15.6 Å². The molecule has 0 radical (unpaired) electrons. The highest BCUT2D eigenvalue weighted by molar-refractivity contribution is 5.80. The van der Waals surface area contributed by atoms with Crippen LogP contribution in [0.1, 0.15) is 48.7 Å². The van der Waals surface area contributed by atoms with Crippen LogP contribution < -0.4 is 20.1 Å². The van der Waals surface area contributed by atoms with E-state index in [1.165, 1.54) is 0 Å². The van der Waals surface area contributed by atoms with Gasteiger partial charge >= 0.3 is 0 Å². The smallest absolute Gasteiger partial charge is 0.191 e. The number of aliphatic imine (C=N–C) groups is 1. The Balaban J connectivity index is 1.74. The minimum atomic E-state index is -0.243. The zero-order chi connectivity index (χ0) is 20.3. The van der Waals surface area contributed by atoms with Crippen LogP contribution in [0.2, 0.25) is 0 Å². The zero-order valence-electron chi connectivity index (χ0n) is 17.6. The Kier molecular flexibility index (Phi) is 5.77. The summed E-state index contributed by atoms with van der Waals surface area (Å²) < 4.78 is 11.6. The van der Waals surface area contributed by atoms with Crippen LogP contribution in [0.25, 0.3) is 0 Å². The first-order chi connectivity index (χ1) is 13.3. The zero-order valence-corrected chi connectivity index (χ0v) is 17.6. The molecule has 1 unspecified atom stereocenters. The van der Waals surface area contributed by atoms with Crippen LogP contribution in [-0.4, -0.2) is 30.7 Å². The Labute approximate surface area is 167 Å². The van der Waals surface area contributed by atoms with Gasteiger partial charge in [-0.05, 0) is 33.8 Å². The fourth-order valence-corrected chi connectivity index (χ4v) is 3.71. The van der Waals surface area contributed by atoms with Crippen molar-refractivity contribution in [3.05, 3.63) is 52.8 Å². The molecule has 0 spiro atoms. The van der Waals surface area contributed by atoms with Gasteiger partial charge in [0, 0.05) is 36.4 Å². The van der Waals surface area contributed by atoms with E-state index in [9.17, 15) is 0 Å². The van der Waals surface area contributed by atoms with Gasteiger partial charge in [0.15, 0.2) is 5.96 Å². The predicted octanol–water partition coefficient (Wildman–Crippen LogP) is 3.67. The SMILES string of the molecule is CN=C(NCc1ncc(C)c(OC)c1C)NC1CC(C)(C)Oc2ccccc21. The lowest BCUT2D eigenvalue weighted by Gasteiger charge is -2.38. The number of pyridine rings is 1. The lowest BCUT2D eigenvalue weighted by molar-refractivity contribution is 0.0694. The van der Waals surface area contributed by atoms with E-state index >= 15 is 0 Å². The van der Waals surface area contributed by atoms with Crippen molar-refractivity contribution in [3.8, 4) is 11.5 Å². The van der Waals surface area contributed by atoms with Crippen molar-refractivity contribution < 1.29 is 9.47 Å². The fourth-order valence-electron chi connectivity index (χ4n) is 3.71. The highest BCUT2D eigenvalue weighted by Crippen LogP contribution is 2.39. The van der Waals surface area contributed by atoms with E-state index in [0.29, 0.717) is 6.54 Å². The number of nitrogens with one attached hydrogen (secondary N) is 2. The fraction of sp³-hybridized carbons (Fsp3) is 0.455. The normalized spacial score (nSPS) is 18.1. The van der Waals surface area contributed by atoms with Gasteiger partial charge in [-0.2, -0.15) is 0 Å². The first-order valence-electron chi connectivity index (χ1n) is 9.59. The molecule has 1 aliphatic rings. The molecule has 6 heteroatoms. The second-order valence-electron chi connectivity index (χ2n) is 7.77. The highest BCUT2D eigenvalue weighted by atomic mass is 16.5. The van der Waals surface area contributed by atoms with Crippen molar-refractivity contribution in [2.45, 2.75) is 52.3 Å². The van der Waals surface area contributed by atoms with Crippen molar-refractivity contribution in [1.29, 1.82) is 0 Å². The molecule has 1 aromatic carbocycles. The molecule has 1 atom stereocenters. The number of rotatable bonds is 4. The summed E-state index contributed by atoms with van der Waals surface area (Å²) >= 11 is 0. The molecule has 3 rings (SSSR count). The van der Waals surface area contributed by atoms with Crippen LogP contribution in [-0.2, 0) is 6.54 Å². The van der Waals surface area contributed by atoms with Crippen LogP contribution >= 0.6 is 0 Å². The van der Waals surface area contributed by atoms with Gasteiger partial charge in [0.25, 0.3) is 0 Å². The Morgan fingerprint density at radius 1 is 1.32 bits per heavy atom. The predicted molar refractivity (Wildman–Crippen MR) is 112 cm³/mol. The average molecular weight is 383 g/mol. The second kappa shape index (κ2) is 8.09. The monoisotopic (exact) mass is 382 g/mol. The molecule has 6 nitrogen and oxygen atoms in total. The average Bonchev–Trinajstić information content (AvgIpc) is 2.65. The maximum Gasteiger partial charge on any atom is 0.191 e. The van der Waals surface area contributed by atoms with Gasteiger partial charge in [-0.1, -0.05) is 18.2 Å². The van der Waals surface area contributed by atoms with Gasteiger partial charge in [-0.3, -0.25) is 9.98 Å². The van der Waals surface area contributed by atoms with E-state index in [1.54, 1.807) is 14.2 Å². The number of hydrogen-bond donors (Lipinski definition) is 2. The lowest BCUT2D eigenvalue weighted by atomic mass is 9.90. The molecule has 2 heterocycles. The molecule has 0 saturated heterocycles. The molecule has 2 aromatic rings. The minimum absolute atomic E-state index is 0.118. The van der Waals surface area contributed by atoms with Gasteiger partial charge < -0.3 is 20.1 Å². The summed E-state index contributed by atoms with van der Waals surface area (Å²) in [6.45, 7) is 8.82. The molecule has 2 N–H and O–H groups in total. The number of methoxy groups -OCH3 is 1. The van der Waals surface area contributed by atoms with E-state index in [-0.39, 0.29) is 11.6 Å². The lowest BCUT2D eigenvalue weighted by Crippen LogP contribution is -2.45. The summed E-state index contributed by atoms with van der Waals surface area (Å²) in [4.78, 5) is 8.96. The number of ether oxygens (including phenoxy) is 2. The number of fused-ring (bicyclic) bond motifs is 1. The van der Waals surface area contributed by atoms with Gasteiger partial charge in [0.1, 0.15) is 17.1 Å². The van der Waals surface area contributed by atoms with E-state index < -0.39 is 0 Å². The summed E-state index contributed by atoms with van der Waals surface area (Å²) in [7, 11) is 3.47. The standard InChI is InChI=1S/C22H30N4O2/c1-14-12-24-18(15(2)20(14)27-6)13-25-21(23-5)26-17-11-22(3,4)28-19-10-8-7-9-16(17)19/h7-10,12,17H,11,13H2,1-6H3,(H2,23,25,26). The van der Waals surface area contributed by atoms with E-state index in [4.69, 9.17) is 9.47 Å². The van der Waals surface area contributed by atoms with Gasteiger partial charge in [0.05, 0.1) is 25.4 Å². The van der Waals surface area contributed by atoms with Crippen LogP contribution in [0, 0.1) is 13.8 Å². The maximum absolute atomic E-state index is 6.12. The van der Waals surface area contributed by atoms with E-state index in [2.05, 4.69) is 40.5 Å². The summed E-state index contributed by atoms with van der Waals surface area (Å²) in [5.41, 5.74) is 3.93. The molecule has 1 aromatic heterocycles. The van der Waals surface area contributed by atoms with Crippen LogP contribution in [0.4, 0.5) is 0 Å². The second-order valence-corrected chi connectivity index (χ2v) is 7.77. The third-order valence-electron chi connectivity index (χ3n) is 5.08. The molecule has 28 heavy (non-hydrogen) atoms. The van der Waals surface area contributed by atoms with Gasteiger partial charge in [-0.25, -0.2) is 0 Å². The van der Waals surface area contributed by atoms with E-state index in [1.807, 2.05) is 38.2 Å². The Morgan fingerprint density at radius 3 is 2.79 bits per heavy atom. The molecule has 0 amide bonds. The van der Waals surface area contributed by atoms with Crippen LogP contribution in [0.5, 0.6) is 11.5 Å². The van der Waals surface area contributed by atoms with Crippen molar-refractivity contribution in [2.75, 3.05) is 14.2 Å². The highest BCUT2D eigenvalue weighted by Gasteiger charge is 2.33. The molecule has 0 aliphatic carbocycles. The Hall–Kier alpha value is -2.76. The Bertz CT molecular complexity index is 877. The van der Waals surface area contributed by atoms with Gasteiger partial charge in [0.2, 0.25) is 0 Å². The number of nitrogens with zero attached hydrogens (tertiary/aromatic N) is 2. The molecule has 150 valence electrons.